The summed E-state index contributed by atoms with van der Waals surface area (Å²) < 4.78 is 1.21. The van der Waals surface area contributed by atoms with Crippen molar-refractivity contribution in [2.75, 3.05) is 0 Å². The first-order chi connectivity index (χ1) is 6.68. The summed E-state index contributed by atoms with van der Waals surface area (Å²) in [5.41, 5.74) is 1.12. The van der Waals surface area contributed by atoms with Crippen molar-refractivity contribution in [1.82, 2.24) is 14.8 Å². The maximum atomic E-state index is 10.5. The van der Waals surface area contributed by atoms with Crippen molar-refractivity contribution >= 4 is 28.6 Å². The van der Waals surface area contributed by atoms with Crippen molar-refractivity contribution in [3.05, 3.63) is 23.5 Å². The van der Waals surface area contributed by atoms with Gasteiger partial charge in [-0.3, -0.25) is 9.78 Å². The lowest BCUT2D eigenvalue weighted by atomic mass is 10.4. The van der Waals surface area contributed by atoms with Gasteiger partial charge in [0.15, 0.2) is 5.15 Å². The summed E-state index contributed by atoms with van der Waals surface area (Å²) in [6.45, 7) is -0.255. The Morgan fingerprint density at radius 3 is 3.07 bits per heavy atom. The molecule has 2 heterocycles. The highest BCUT2D eigenvalue weighted by molar-refractivity contribution is 6.34. The minimum absolute atomic E-state index is 0.253. The van der Waals surface area contributed by atoms with E-state index in [-0.39, 0.29) is 11.7 Å². The molecular formula is C8H6ClN3O2. The molecule has 2 aromatic heterocycles. The zero-order valence-corrected chi connectivity index (χ0v) is 7.77. The van der Waals surface area contributed by atoms with E-state index in [1.165, 1.54) is 4.68 Å². The van der Waals surface area contributed by atoms with Crippen LogP contribution in [0.5, 0.6) is 0 Å². The van der Waals surface area contributed by atoms with Gasteiger partial charge in [0.25, 0.3) is 0 Å². The number of nitrogens with zero attached hydrogens (tertiary/aromatic N) is 3. The normalized spacial score (nSPS) is 10.6. The first-order valence-electron chi connectivity index (χ1n) is 3.87. The Kier molecular flexibility index (Phi) is 2.09. The van der Waals surface area contributed by atoms with E-state index in [1.807, 2.05) is 0 Å². The molecule has 1 N–H and O–H groups in total. The molecule has 14 heavy (non-hydrogen) atoms. The molecule has 0 spiro atoms. The fourth-order valence-electron chi connectivity index (χ4n) is 1.17. The van der Waals surface area contributed by atoms with Gasteiger partial charge in [-0.25, -0.2) is 4.68 Å². The Balaban J connectivity index is 2.57. The molecule has 0 atom stereocenters. The molecule has 5 nitrogen and oxygen atoms in total. The van der Waals surface area contributed by atoms with Gasteiger partial charge in [0.1, 0.15) is 17.6 Å². The number of halogens is 1. The topological polar surface area (TPSA) is 68.0 Å². The standard InChI is InChI=1S/C8H6ClN3O2/c9-8-7-5(2-1-3-10-7)11-12(8)4-6(13)14/h1-3H,4H2,(H,13,14). The van der Waals surface area contributed by atoms with Crippen LogP contribution in [-0.4, -0.2) is 25.8 Å². The predicted octanol–water partition coefficient (Wildman–Crippen LogP) is 1.17. The van der Waals surface area contributed by atoms with Gasteiger partial charge in [-0.05, 0) is 12.1 Å². The van der Waals surface area contributed by atoms with Crippen LogP contribution in [0.15, 0.2) is 18.3 Å². The average molecular weight is 212 g/mol. The second kappa shape index (κ2) is 3.26. The third-order valence-electron chi connectivity index (χ3n) is 1.72. The van der Waals surface area contributed by atoms with E-state index in [0.29, 0.717) is 11.0 Å². The number of hydrogen-bond donors (Lipinski definition) is 1. The van der Waals surface area contributed by atoms with Gasteiger partial charge in [-0.1, -0.05) is 11.6 Å². The fourth-order valence-corrected chi connectivity index (χ4v) is 1.41. The van der Waals surface area contributed by atoms with Crippen molar-refractivity contribution in [3.8, 4) is 0 Å². The molecule has 0 fully saturated rings. The lowest BCUT2D eigenvalue weighted by Crippen LogP contribution is -2.09. The number of aromatic nitrogens is 3. The third-order valence-corrected chi connectivity index (χ3v) is 2.10. The molecule has 0 saturated heterocycles. The van der Waals surface area contributed by atoms with Gasteiger partial charge in [0, 0.05) is 6.20 Å². The zero-order valence-electron chi connectivity index (χ0n) is 7.01. The van der Waals surface area contributed by atoms with Gasteiger partial charge in [-0.2, -0.15) is 5.10 Å². The molecule has 2 aromatic rings. The second-order valence-electron chi connectivity index (χ2n) is 2.71. The van der Waals surface area contributed by atoms with E-state index >= 15 is 0 Å². The van der Waals surface area contributed by atoms with Gasteiger partial charge in [-0.15, -0.1) is 0 Å². The molecular weight excluding hydrogens is 206 g/mol. The van der Waals surface area contributed by atoms with Crippen molar-refractivity contribution in [2.24, 2.45) is 0 Å². The summed E-state index contributed by atoms with van der Waals surface area (Å²) in [7, 11) is 0. The number of carbonyl (C=O) groups is 1. The summed E-state index contributed by atoms with van der Waals surface area (Å²) in [5, 5.41) is 12.8. The minimum atomic E-state index is -0.986. The second-order valence-corrected chi connectivity index (χ2v) is 3.07. The number of aliphatic carboxylic acids is 1. The van der Waals surface area contributed by atoms with E-state index in [9.17, 15) is 4.79 Å². The van der Waals surface area contributed by atoms with Crippen molar-refractivity contribution in [3.63, 3.8) is 0 Å². The highest BCUT2D eigenvalue weighted by atomic mass is 35.5. The number of carboxylic acid groups (broad SMARTS) is 1. The molecule has 0 amide bonds. The number of carboxylic acids is 1. The van der Waals surface area contributed by atoms with Crippen LogP contribution >= 0.6 is 11.6 Å². The van der Waals surface area contributed by atoms with Gasteiger partial charge < -0.3 is 5.11 Å². The Labute approximate surface area is 83.9 Å². The van der Waals surface area contributed by atoms with E-state index in [1.54, 1.807) is 18.3 Å². The Bertz CT molecular complexity index is 494. The highest BCUT2D eigenvalue weighted by Crippen LogP contribution is 2.19. The molecule has 0 aliphatic carbocycles. The van der Waals surface area contributed by atoms with Crippen LogP contribution in [-0.2, 0) is 11.3 Å². The number of pyridine rings is 1. The van der Waals surface area contributed by atoms with E-state index in [2.05, 4.69) is 10.1 Å². The first kappa shape index (κ1) is 8.96. The number of rotatable bonds is 2. The Hall–Kier alpha value is -1.62. The summed E-state index contributed by atoms with van der Waals surface area (Å²) in [4.78, 5) is 14.5. The van der Waals surface area contributed by atoms with E-state index < -0.39 is 5.97 Å². The summed E-state index contributed by atoms with van der Waals surface area (Å²) in [6, 6.07) is 3.45. The van der Waals surface area contributed by atoms with Gasteiger partial charge >= 0.3 is 5.97 Å². The van der Waals surface area contributed by atoms with Crippen LogP contribution < -0.4 is 0 Å². The first-order valence-corrected chi connectivity index (χ1v) is 4.25. The van der Waals surface area contributed by atoms with Crippen LogP contribution in [0.25, 0.3) is 11.0 Å². The fraction of sp³-hybridized carbons (Fsp3) is 0.125. The molecule has 6 heteroatoms. The molecule has 0 saturated carbocycles. The average Bonchev–Trinajstić information content (AvgIpc) is 2.44. The third kappa shape index (κ3) is 1.42. The molecule has 0 unspecified atom stereocenters. The molecule has 0 radical (unpaired) electrons. The molecule has 2 rings (SSSR count). The number of hydrogen-bond acceptors (Lipinski definition) is 3. The van der Waals surface area contributed by atoms with E-state index in [4.69, 9.17) is 16.7 Å². The van der Waals surface area contributed by atoms with Crippen molar-refractivity contribution in [2.45, 2.75) is 6.54 Å². The quantitative estimate of drug-likeness (QED) is 0.810. The largest absolute Gasteiger partial charge is 0.480 e. The monoisotopic (exact) mass is 211 g/mol. The van der Waals surface area contributed by atoms with Crippen LogP contribution in [0.4, 0.5) is 0 Å². The molecule has 0 aliphatic heterocycles. The Morgan fingerprint density at radius 1 is 1.64 bits per heavy atom. The lowest BCUT2D eigenvalue weighted by Gasteiger charge is -1.95. The van der Waals surface area contributed by atoms with E-state index in [0.717, 1.165) is 0 Å². The molecule has 0 aliphatic rings. The molecule has 0 aromatic carbocycles. The van der Waals surface area contributed by atoms with Crippen LogP contribution in [0.3, 0.4) is 0 Å². The minimum Gasteiger partial charge on any atom is -0.480 e. The van der Waals surface area contributed by atoms with Crippen LogP contribution in [0.1, 0.15) is 0 Å². The maximum Gasteiger partial charge on any atom is 0.325 e. The molecule has 72 valence electrons. The SMILES string of the molecule is O=C(O)Cn1nc2cccnc2c1Cl. The van der Waals surface area contributed by atoms with Gasteiger partial charge in [0.05, 0.1) is 0 Å². The summed E-state index contributed by atoms with van der Waals surface area (Å²) >= 11 is 5.88. The zero-order chi connectivity index (χ0) is 10.1. The predicted molar refractivity (Wildman–Crippen MR) is 50.2 cm³/mol. The van der Waals surface area contributed by atoms with Crippen molar-refractivity contribution < 1.29 is 9.90 Å². The maximum absolute atomic E-state index is 10.5. The number of fused-ring (bicyclic) bond motifs is 1. The van der Waals surface area contributed by atoms with Gasteiger partial charge in [0.2, 0.25) is 0 Å². The van der Waals surface area contributed by atoms with Crippen LogP contribution in [0, 0.1) is 0 Å². The lowest BCUT2D eigenvalue weighted by molar-refractivity contribution is -0.137. The highest BCUT2D eigenvalue weighted by Gasteiger charge is 2.11. The van der Waals surface area contributed by atoms with Crippen LogP contribution in [0.2, 0.25) is 5.15 Å². The Morgan fingerprint density at radius 2 is 2.43 bits per heavy atom. The summed E-state index contributed by atoms with van der Waals surface area (Å²) in [6.07, 6.45) is 1.58. The smallest absolute Gasteiger partial charge is 0.325 e. The van der Waals surface area contributed by atoms with Crippen molar-refractivity contribution in [1.29, 1.82) is 0 Å². The summed E-state index contributed by atoms with van der Waals surface area (Å²) in [5.74, 6) is -0.986. The molecule has 0 bridgehead atoms.